The van der Waals surface area contributed by atoms with Crippen LogP contribution in [-0.4, -0.2) is 38.1 Å². The van der Waals surface area contributed by atoms with Crippen LogP contribution in [0, 0.1) is 0 Å². The maximum atomic E-state index is 14.1. The quantitative estimate of drug-likeness (QED) is 0.431. The number of amides is 2. The van der Waals surface area contributed by atoms with Crippen molar-refractivity contribution in [3.05, 3.63) is 71.4 Å². The molecule has 1 aliphatic rings. The first kappa shape index (κ1) is 22.8. The fourth-order valence-corrected chi connectivity index (χ4v) is 4.28. The van der Waals surface area contributed by atoms with Gasteiger partial charge in [-0.2, -0.15) is 18.3 Å². The van der Waals surface area contributed by atoms with Crippen LogP contribution in [0.3, 0.4) is 0 Å². The average molecular weight is 501 g/mol. The Balaban J connectivity index is 1.50. The maximum Gasteiger partial charge on any atom is 0.434 e. The Bertz CT molecular complexity index is 1460. The van der Waals surface area contributed by atoms with Crippen LogP contribution < -0.4 is 10.2 Å². The Morgan fingerprint density at radius 2 is 1.91 bits per heavy atom. The van der Waals surface area contributed by atoms with Crippen LogP contribution >= 0.6 is 11.6 Å². The van der Waals surface area contributed by atoms with E-state index in [4.69, 9.17) is 11.6 Å². The third kappa shape index (κ3) is 4.18. The lowest BCUT2D eigenvalue weighted by molar-refractivity contribution is -0.143. The van der Waals surface area contributed by atoms with E-state index in [0.29, 0.717) is 34.8 Å². The minimum absolute atomic E-state index is 0.0723. The zero-order chi connectivity index (χ0) is 24.7. The SMILES string of the molecule is O=C(Nc1cnc(N2CCCC2=O)c(Cl)c1)c1cnn(-c2cncc3ccccc23)c1C(F)(F)F. The summed E-state index contributed by atoms with van der Waals surface area (Å²) in [4.78, 5) is 34.4. The fraction of sp³-hybridized carbons (Fsp3) is 0.174. The molecule has 0 unspecified atom stereocenters. The smallest absolute Gasteiger partial charge is 0.320 e. The number of nitrogens with zero attached hydrogens (tertiary/aromatic N) is 5. The van der Waals surface area contributed by atoms with Gasteiger partial charge >= 0.3 is 6.18 Å². The summed E-state index contributed by atoms with van der Waals surface area (Å²) in [6.45, 7) is 0.467. The second kappa shape index (κ2) is 8.66. The van der Waals surface area contributed by atoms with Gasteiger partial charge in [0, 0.05) is 29.9 Å². The first-order valence-corrected chi connectivity index (χ1v) is 10.9. The van der Waals surface area contributed by atoms with Gasteiger partial charge in [0.2, 0.25) is 5.91 Å². The lowest BCUT2D eigenvalue weighted by Crippen LogP contribution is -2.25. The van der Waals surface area contributed by atoms with E-state index >= 15 is 0 Å². The Morgan fingerprint density at radius 1 is 1.11 bits per heavy atom. The molecule has 1 aromatic carbocycles. The third-order valence-electron chi connectivity index (χ3n) is 5.57. The highest BCUT2D eigenvalue weighted by Gasteiger charge is 2.41. The predicted molar refractivity (Wildman–Crippen MR) is 123 cm³/mol. The number of benzene rings is 1. The largest absolute Gasteiger partial charge is 0.434 e. The van der Waals surface area contributed by atoms with Crippen LogP contribution in [0.25, 0.3) is 16.5 Å². The number of aromatic nitrogens is 4. The van der Waals surface area contributed by atoms with E-state index in [1.807, 2.05) is 0 Å². The van der Waals surface area contributed by atoms with Crippen molar-refractivity contribution in [2.45, 2.75) is 19.0 Å². The van der Waals surface area contributed by atoms with Crippen LogP contribution in [0.4, 0.5) is 24.7 Å². The number of anilines is 2. The summed E-state index contributed by atoms with van der Waals surface area (Å²) < 4.78 is 43.0. The molecule has 4 heterocycles. The molecule has 0 aliphatic carbocycles. The number of nitrogens with one attached hydrogen (secondary N) is 1. The molecule has 0 spiro atoms. The summed E-state index contributed by atoms with van der Waals surface area (Å²) in [7, 11) is 0. The summed E-state index contributed by atoms with van der Waals surface area (Å²) in [6.07, 6.45) is 1.03. The summed E-state index contributed by atoms with van der Waals surface area (Å²) in [5.74, 6) is -0.930. The molecule has 1 fully saturated rings. The number of alkyl halides is 3. The van der Waals surface area contributed by atoms with Gasteiger partial charge in [0.15, 0.2) is 11.5 Å². The van der Waals surface area contributed by atoms with Gasteiger partial charge in [-0.05, 0) is 12.5 Å². The number of rotatable bonds is 4. The van der Waals surface area contributed by atoms with Gasteiger partial charge in [-0.3, -0.25) is 19.5 Å². The third-order valence-corrected chi connectivity index (χ3v) is 5.84. The lowest BCUT2D eigenvalue weighted by atomic mass is 10.1. The van der Waals surface area contributed by atoms with Gasteiger partial charge in [-0.15, -0.1) is 0 Å². The number of hydrogen-bond acceptors (Lipinski definition) is 5. The molecule has 0 radical (unpaired) electrons. The Morgan fingerprint density at radius 3 is 2.63 bits per heavy atom. The number of halogens is 4. The molecule has 1 saturated heterocycles. The first-order chi connectivity index (χ1) is 16.7. The van der Waals surface area contributed by atoms with Gasteiger partial charge in [0.1, 0.15) is 0 Å². The molecule has 35 heavy (non-hydrogen) atoms. The monoisotopic (exact) mass is 500 g/mol. The van der Waals surface area contributed by atoms with Crippen LogP contribution in [0.2, 0.25) is 5.02 Å². The zero-order valence-electron chi connectivity index (χ0n) is 17.9. The Labute approximate surface area is 201 Å². The molecule has 3 aromatic heterocycles. The minimum Gasteiger partial charge on any atom is -0.320 e. The van der Waals surface area contributed by atoms with Gasteiger partial charge in [0.25, 0.3) is 5.91 Å². The van der Waals surface area contributed by atoms with Crippen molar-refractivity contribution in [3.63, 3.8) is 0 Å². The first-order valence-electron chi connectivity index (χ1n) is 10.5. The van der Waals surface area contributed by atoms with Crippen LogP contribution in [0.5, 0.6) is 0 Å². The Hall–Kier alpha value is -3.99. The molecule has 8 nitrogen and oxygen atoms in total. The van der Waals surface area contributed by atoms with Crippen molar-refractivity contribution >= 4 is 45.7 Å². The van der Waals surface area contributed by atoms with E-state index in [2.05, 4.69) is 20.4 Å². The van der Waals surface area contributed by atoms with Gasteiger partial charge in [-0.1, -0.05) is 35.9 Å². The molecular weight excluding hydrogens is 485 g/mol. The van der Waals surface area contributed by atoms with E-state index in [1.54, 1.807) is 24.3 Å². The van der Waals surface area contributed by atoms with Crippen LogP contribution in [-0.2, 0) is 11.0 Å². The van der Waals surface area contributed by atoms with Gasteiger partial charge < -0.3 is 5.32 Å². The van der Waals surface area contributed by atoms with E-state index in [9.17, 15) is 22.8 Å². The van der Waals surface area contributed by atoms with Crippen molar-refractivity contribution in [2.24, 2.45) is 0 Å². The number of hydrogen-bond donors (Lipinski definition) is 1. The summed E-state index contributed by atoms with van der Waals surface area (Å²) in [6, 6.07) is 8.12. The number of fused-ring (bicyclic) bond motifs is 1. The minimum atomic E-state index is -4.89. The second-order valence-corrected chi connectivity index (χ2v) is 8.24. The van der Waals surface area contributed by atoms with Gasteiger partial charge in [-0.25, -0.2) is 9.67 Å². The molecule has 0 saturated carbocycles. The van der Waals surface area contributed by atoms with Crippen molar-refractivity contribution in [1.29, 1.82) is 0 Å². The molecule has 178 valence electrons. The van der Waals surface area contributed by atoms with E-state index in [1.165, 1.54) is 29.6 Å². The topological polar surface area (TPSA) is 93.0 Å². The molecule has 1 aliphatic heterocycles. The van der Waals surface area contributed by atoms with Crippen molar-refractivity contribution in [3.8, 4) is 5.69 Å². The lowest BCUT2D eigenvalue weighted by Gasteiger charge is -2.17. The second-order valence-electron chi connectivity index (χ2n) is 7.83. The van der Waals surface area contributed by atoms with E-state index in [-0.39, 0.29) is 28.1 Å². The number of carbonyl (C=O) groups is 2. The molecule has 5 rings (SSSR count). The zero-order valence-corrected chi connectivity index (χ0v) is 18.6. The normalized spacial score (nSPS) is 14.1. The van der Waals surface area contributed by atoms with Crippen LogP contribution in [0.1, 0.15) is 28.9 Å². The summed E-state index contributed by atoms with van der Waals surface area (Å²) >= 11 is 6.24. The molecular formula is C23H16ClF3N6O2. The molecule has 0 atom stereocenters. The molecule has 12 heteroatoms. The number of carbonyl (C=O) groups excluding carboxylic acids is 2. The standard InChI is InChI=1S/C23H16ClF3N6O2/c24-17-8-14(10-29-21(17)32-7-3-6-19(32)34)31-22(35)16-11-30-33(20(16)23(25,26)27)18-12-28-9-13-4-1-2-5-15(13)18/h1-2,4-5,8-12H,3,6-7H2,(H,31,35). The highest BCUT2D eigenvalue weighted by atomic mass is 35.5. The summed E-state index contributed by atoms with van der Waals surface area (Å²) in [5, 5.41) is 7.46. The van der Waals surface area contributed by atoms with E-state index in [0.717, 1.165) is 6.20 Å². The molecule has 1 N–H and O–H groups in total. The predicted octanol–water partition coefficient (Wildman–Crippen LogP) is 4.87. The maximum absolute atomic E-state index is 14.1. The van der Waals surface area contributed by atoms with Crippen molar-refractivity contribution < 1.29 is 22.8 Å². The molecule has 4 aromatic rings. The van der Waals surface area contributed by atoms with E-state index < -0.39 is 23.3 Å². The van der Waals surface area contributed by atoms with Crippen molar-refractivity contribution in [1.82, 2.24) is 19.7 Å². The van der Waals surface area contributed by atoms with Crippen molar-refractivity contribution in [2.75, 3.05) is 16.8 Å². The fourth-order valence-electron chi connectivity index (χ4n) is 4.01. The number of pyridine rings is 2. The summed E-state index contributed by atoms with van der Waals surface area (Å²) in [5.41, 5.74) is -1.77. The van der Waals surface area contributed by atoms with Gasteiger partial charge in [0.05, 0.1) is 40.6 Å². The van der Waals surface area contributed by atoms with Crippen LogP contribution in [0.15, 0.2) is 55.1 Å². The average Bonchev–Trinajstić information content (AvgIpc) is 3.45. The Kier molecular flexibility index (Phi) is 5.64. The highest BCUT2D eigenvalue weighted by Crippen LogP contribution is 2.36. The molecule has 0 bridgehead atoms. The highest BCUT2D eigenvalue weighted by molar-refractivity contribution is 6.33. The molecule has 2 amide bonds.